The molecule has 0 unspecified atom stereocenters. The summed E-state index contributed by atoms with van der Waals surface area (Å²) >= 11 is 0. The van der Waals surface area contributed by atoms with Crippen molar-refractivity contribution < 1.29 is 18.4 Å². The number of rotatable bonds is 4. The van der Waals surface area contributed by atoms with Crippen LogP contribution in [0, 0.1) is 0 Å². The van der Waals surface area contributed by atoms with Crippen LogP contribution >= 0.6 is 7.60 Å². The van der Waals surface area contributed by atoms with Gasteiger partial charge in [0.15, 0.2) is 0 Å². The van der Waals surface area contributed by atoms with Gasteiger partial charge in [0.1, 0.15) is 0 Å². The zero-order chi connectivity index (χ0) is 13.9. The Balaban J connectivity index is 5.23. The lowest BCUT2D eigenvalue weighted by atomic mass is 10.2. The summed E-state index contributed by atoms with van der Waals surface area (Å²) in [6.07, 6.45) is 2.74. The molecule has 0 aromatic carbocycles. The maximum absolute atomic E-state index is 12.5. The van der Waals surface area contributed by atoms with Crippen LogP contribution in [0.2, 0.25) is 0 Å². The van der Waals surface area contributed by atoms with E-state index >= 15 is 0 Å². The van der Waals surface area contributed by atoms with E-state index in [0.29, 0.717) is 0 Å². The molecule has 0 aliphatic carbocycles. The topological polar surface area (TPSA) is 52.6 Å². The van der Waals surface area contributed by atoms with Crippen molar-refractivity contribution in [3.05, 3.63) is 12.2 Å². The second kappa shape index (κ2) is 5.47. The Bertz CT molecular complexity index is 324. The molecular formula is C12H23O4P. The molecule has 0 atom stereocenters. The Morgan fingerprint density at radius 2 is 1.35 bits per heavy atom. The van der Waals surface area contributed by atoms with Gasteiger partial charge in [-0.25, -0.2) is 0 Å². The smallest absolute Gasteiger partial charge is 0.297 e. The van der Waals surface area contributed by atoms with Crippen molar-refractivity contribution in [3.8, 4) is 0 Å². The molecule has 0 radical (unpaired) electrons. The van der Waals surface area contributed by atoms with Gasteiger partial charge in [-0.1, -0.05) is 6.08 Å². The van der Waals surface area contributed by atoms with Crippen LogP contribution in [-0.4, -0.2) is 16.7 Å². The highest BCUT2D eigenvalue weighted by atomic mass is 31.2. The lowest BCUT2D eigenvalue weighted by Crippen LogP contribution is -2.26. The number of carbonyl (C=O) groups is 1. The highest BCUT2D eigenvalue weighted by Gasteiger charge is 2.40. The Morgan fingerprint density at radius 3 is 1.59 bits per heavy atom. The van der Waals surface area contributed by atoms with Crippen LogP contribution in [0.5, 0.6) is 0 Å². The number of hydrogen-bond donors (Lipinski definition) is 0. The van der Waals surface area contributed by atoms with Crippen LogP contribution in [0.15, 0.2) is 12.2 Å². The van der Waals surface area contributed by atoms with Gasteiger partial charge < -0.3 is 0 Å². The Labute approximate surface area is 104 Å². The first-order chi connectivity index (χ1) is 7.40. The molecule has 0 saturated heterocycles. The van der Waals surface area contributed by atoms with Gasteiger partial charge in [-0.2, -0.15) is 0 Å². The van der Waals surface area contributed by atoms with Crippen molar-refractivity contribution in [2.75, 3.05) is 0 Å². The molecule has 0 saturated carbocycles. The molecular weight excluding hydrogens is 239 g/mol. The number of carbonyl (C=O) groups excluding carboxylic acids is 1. The lowest BCUT2D eigenvalue weighted by molar-refractivity contribution is -0.111. The fraction of sp³-hybridized carbons (Fsp3) is 0.750. The Hall–Kier alpha value is -0.440. The van der Waals surface area contributed by atoms with Crippen molar-refractivity contribution in [2.24, 2.45) is 0 Å². The number of hydrogen-bond acceptors (Lipinski definition) is 4. The van der Waals surface area contributed by atoms with Crippen LogP contribution in [0.4, 0.5) is 0 Å². The van der Waals surface area contributed by atoms with E-state index in [-0.39, 0.29) is 0 Å². The average Bonchev–Trinajstić information content (AvgIpc) is 1.96. The average molecular weight is 262 g/mol. The van der Waals surface area contributed by atoms with Gasteiger partial charge in [-0.3, -0.25) is 18.4 Å². The molecule has 17 heavy (non-hydrogen) atoms. The Morgan fingerprint density at radius 1 is 1.00 bits per heavy atom. The molecule has 0 aromatic rings. The lowest BCUT2D eigenvalue weighted by Gasteiger charge is -2.30. The zero-order valence-corrected chi connectivity index (χ0v) is 12.6. The molecule has 0 spiro atoms. The predicted molar refractivity (Wildman–Crippen MR) is 69.1 cm³/mol. The van der Waals surface area contributed by atoms with Gasteiger partial charge >= 0.3 is 7.60 Å². The SMILES string of the molecule is CC=CC(=O)P(=O)(OC(C)(C)C)OC(C)(C)C. The summed E-state index contributed by atoms with van der Waals surface area (Å²) < 4.78 is 23.2. The van der Waals surface area contributed by atoms with Crippen molar-refractivity contribution in [1.29, 1.82) is 0 Å². The highest BCUT2D eigenvalue weighted by molar-refractivity contribution is 7.72. The molecule has 0 fully saturated rings. The molecule has 0 N–H and O–H groups in total. The monoisotopic (exact) mass is 262 g/mol. The first kappa shape index (κ1) is 16.6. The summed E-state index contributed by atoms with van der Waals surface area (Å²) in [4.78, 5) is 11.8. The Kier molecular flexibility index (Phi) is 5.33. The van der Waals surface area contributed by atoms with Crippen molar-refractivity contribution >= 4 is 13.1 Å². The molecule has 0 heterocycles. The zero-order valence-electron chi connectivity index (χ0n) is 11.7. The summed E-state index contributed by atoms with van der Waals surface area (Å²) in [5.74, 6) is 0. The maximum atomic E-state index is 12.5. The van der Waals surface area contributed by atoms with Crippen LogP contribution in [-0.2, 0) is 18.4 Å². The highest BCUT2D eigenvalue weighted by Crippen LogP contribution is 2.55. The van der Waals surface area contributed by atoms with Crippen molar-refractivity contribution in [2.45, 2.75) is 59.7 Å². The third kappa shape index (κ3) is 6.77. The van der Waals surface area contributed by atoms with Gasteiger partial charge in [-0.15, -0.1) is 0 Å². The largest absolute Gasteiger partial charge is 0.401 e. The van der Waals surface area contributed by atoms with Crippen LogP contribution < -0.4 is 0 Å². The minimum atomic E-state index is -3.80. The van der Waals surface area contributed by atoms with Crippen molar-refractivity contribution in [3.63, 3.8) is 0 Å². The fourth-order valence-electron chi connectivity index (χ4n) is 1.06. The third-order valence-electron chi connectivity index (χ3n) is 1.37. The summed E-state index contributed by atoms with van der Waals surface area (Å²) in [5.41, 5.74) is -2.04. The van der Waals surface area contributed by atoms with Gasteiger partial charge in [0.25, 0.3) is 5.52 Å². The first-order valence-corrected chi connectivity index (χ1v) is 7.13. The molecule has 0 aromatic heterocycles. The van der Waals surface area contributed by atoms with Gasteiger partial charge in [0.05, 0.1) is 11.2 Å². The second-order valence-corrected chi connectivity index (χ2v) is 7.54. The minimum absolute atomic E-state index is 0.621. The van der Waals surface area contributed by atoms with E-state index in [0.717, 1.165) is 0 Å². The molecule has 0 amide bonds. The summed E-state index contributed by atoms with van der Waals surface area (Å²) in [7, 11) is -3.80. The van der Waals surface area contributed by atoms with E-state index in [4.69, 9.17) is 9.05 Å². The van der Waals surface area contributed by atoms with Crippen LogP contribution in [0.3, 0.4) is 0 Å². The summed E-state index contributed by atoms with van der Waals surface area (Å²) in [6.45, 7) is 12.1. The molecule has 0 aliphatic rings. The van der Waals surface area contributed by atoms with E-state index in [1.165, 1.54) is 12.2 Å². The molecule has 0 aliphatic heterocycles. The standard InChI is InChI=1S/C12H23O4P/c1-8-9-10(13)17(14,15-11(2,3)4)16-12(5,6)7/h8-9H,1-7H3. The molecule has 5 heteroatoms. The molecule has 0 rings (SSSR count). The normalized spacial score (nSPS) is 14.3. The molecule has 0 bridgehead atoms. The van der Waals surface area contributed by atoms with Gasteiger partial charge in [0, 0.05) is 0 Å². The maximum Gasteiger partial charge on any atom is 0.401 e. The van der Waals surface area contributed by atoms with E-state index in [1.54, 1.807) is 48.5 Å². The van der Waals surface area contributed by atoms with E-state index in [1.807, 2.05) is 0 Å². The number of allylic oxidation sites excluding steroid dienone is 2. The van der Waals surface area contributed by atoms with E-state index in [9.17, 15) is 9.36 Å². The van der Waals surface area contributed by atoms with Crippen LogP contribution in [0.25, 0.3) is 0 Å². The second-order valence-electron chi connectivity index (χ2n) is 5.74. The quantitative estimate of drug-likeness (QED) is 0.569. The van der Waals surface area contributed by atoms with Gasteiger partial charge in [0.2, 0.25) is 0 Å². The third-order valence-corrected chi connectivity index (χ3v) is 3.63. The fourth-order valence-corrected chi connectivity index (χ4v) is 3.05. The summed E-state index contributed by atoms with van der Waals surface area (Å²) in [6, 6.07) is 0. The van der Waals surface area contributed by atoms with Crippen LogP contribution in [0.1, 0.15) is 48.5 Å². The van der Waals surface area contributed by atoms with E-state index in [2.05, 4.69) is 0 Å². The predicted octanol–water partition coefficient (Wildman–Crippen LogP) is 3.91. The van der Waals surface area contributed by atoms with Crippen molar-refractivity contribution in [1.82, 2.24) is 0 Å². The summed E-state index contributed by atoms with van der Waals surface area (Å²) in [5, 5.41) is 0. The first-order valence-electron chi connectivity index (χ1n) is 5.58. The van der Waals surface area contributed by atoms with Gasteiger partial charge in [-0.05, 0) is 54.5 Å². The molecule has 4 nitrogen and oxygen atoms in total. The molecule has 100 valence electrons. The van der Waals surface area contributed by atoms with E-state index < -0.39 is 24.3 Å². The minimum Gasteiger partial charge on any atom is -0.297 e.